The van der Waals surface area contributed by atoms with Crippen LogP contribution in [0.25, 0.3) is 0 Å². The van der Waals surface area contributed by atoms with Crippen LogP contribution < -0.4 is 14.8 Å². The number of esters is 1. The lowest BCUT2D eigenvalue weighted by Crippen LogP contribution is -2.40. The van der Waals surface area contributed by atoms with Crippen molar-refractivity contribution in [1.82, 2.24) is 5.32 Å². The van der Waals surface area contributed by atoms with Crippen molar-refractivity contribution in [3.8, 4) is 11.5 Å². The summed E-state index contributed by atoms with van der Waals surface area (Å²) in [7, 11) is 0. The van der Waals surface area contributed by atoms with Gasteiger partial charge in [0.05, 0.1) is 5.92 Å². The summed E-state index contributed by atoms with van der Waals surface area (Å²) in [5.74, 6) is 1.84. The predicted molar refractivity (Wildman–Crippen MR) is 105 cm³/mol. The molecule has 150 valence electrons. The fraction of sp³-hybridized carbons (Fsp3) is 0.609. The molecule has 0 radical (unpaired) electrons. The molecule has 2 aliphatic heterocycles. The molecule has 5 rings (SSSR count). The first-order valence-electron chi connectivity index (χ1n) is 10.5. The van der Waals surface area contributed by atoms with E-state index in [1.807, 2.05) is 18.2 Å². The summed E-state index contributed by atoms with van der Waals surface area (Å²) in [6.07, 6.45) is 5.81. The molecule has 1 saturated heterocycles. The molecule has 2 aliphatic carbocycles. The van der Waals surface area contributed by atoms with Crippen LogP contribution in [0.2, 0.25) is 0 Å². The summed E-state index contributed by atoms with van der Waals surface area (Å²) in [6, 6.07) is 5.99. The number of benzene rings is 1. The molecule has 1 aromatic carbocycles. The number of hydrogen-bond acceptors (Lipinski definition) is 5. The SMILES string of the molecule is CC1=C2C[C@@H]3[C@@H](C[C@@]2(C)CCC1)OC(=O)[C@@H]3CNCc1ccc2c(c1)OCO2. The van der Waals surface area contributed by atoms with E-state index in [0.717, 1.165) is 29.9 Å². The standard InChI is InChI=1S/C23H29NO4/c1-14-4-3-7-23(2)10-21-16(9-18(14)23)17(22(25)28-21)12-24-11-15-5-6-19-20(8-15)27-13-26-19/h5-6,8,16-17,21,24H,3-4,7,9-13H2,1-2H3/t16-,17+,21+,23+/m0/s1. The van der Waals surface area contributed by atoms with Gasteiger partial charge in [-0.3, -0.25) is 4.79 Å². The highest BCUT2D eigenvalue weighted by molar-refractivity contribution is 5.76. The van der Waals surface area contributed by atoms with Crippen molar-refractivity contribution in [2.24, 2.45) is 17.3 Å². The Balaban J connectivity index is 1.25. The van der Waals surface area contributed by atoms with Crippen LogP contribution in [0.3, 0.4) is 0 Å². The number of carbonyl (C=O) groups is 1. The second-order valence-electron chi connectivity index (χ2n) is 9.15. The normalized spacial score (nSPS) is 33.5. The molecule has 2 fully saturated rings. The Labute approximate surface area is 166 Å². The maximum absolute atomic E-state index is 12.6. The molecular formula is C23H29NO4. The van der Waals surface area contributed by atoms with E-state index in [4.69, 9.17) is 14.2 Å². The van der Waals surface area contributed by atoms with Gasteiger partial charge >= 0.3 is 5.97 Å². The lowest BCUT2D eigenvalue weighted by atomic mass is 9.59. The number of rotatable bonds is 4. The van der Waals surface area contributed by atoms with E-state index in [-0.39, 0.29) is 30.2 Å². The lowest BCUT2D eigenvalue weighted by molar-refractivity contribution is -0.145. The summed E-state index contributed by atoms with van der Waals surface area (Å²) in [4.78, 5) is 12.6. The molecule has 1 saturated carbocycles. The van der Waals surface area contributed by atoms with Crippen molar-refractivity contribution in [1.29, 1.82) is 0 Å². The van der Waals surface area contributed by atoms with Crippen LogP contribution >= 0.6 is 0 Å². The lowest BCUT2D eigenvalue weighted by Gasteiger charge is -2.45. The highest BCUT2D eigenvalue weighted by Gasteiger charge is 2.52. The van der Waals surface area contributed by atoms with Crippen LogP contribution in [0.5, 0.6) is 11.5 Å². The van der Waals surface area contributed by atoms with E-state index in [1.54, 1.807) is 11.1 Å². The first-order valence-corrected chi connectivity index (χ1v) is 10.5. The Morgan fingerprint density at radius 1 is 1.25 bits per heavy atom. The molecule has 0 amide bonds. The van der Waals surface area contributed by atoms with Gasteiger partial charge in [0.15, 0.2) is 11.5 Å². The van der Waals surface area contributed by atoms with Crippen molar-refractivity contribution in [2.75, 3.05) is 13.3 Å². The molecule has 0 spiro atoms. The van der Waals surface area contributed by atoms with Gasteiger partial charge in [0.25, 0.3) is 0 Å². The molecule has 2 heterocycles. The average Bonchev–Trinajstić information content (AvgIpc) is 3.24. The summed E-state index contributed by atoms with van der Waals surface area (Å²) in [6.45, 7) is 6.32. The maximum atomic E-state index is 12.6. The monoisotopic (exact) mass is 383 g/mol. The Bertz CT molecular complexity index is 832. The minimum absolute atomic E-state index is 0.0197. The first-order chi connectivity index (χ1) is 13.5. The fourth-order valence-corrected chi connectivity index (χ4v) is 5.77. The van der Waals surface area contributed by atoms with Gasteiger partial charge in [-0.05, 0) is 62.1 Å². The molecule has 4 atom stereocenters. The fourth-order valence-electron chi connectivity index (χ4n) is 5.77. The van der Waals surface area contributed by atoms with Crippen LogP contribution in [0.15, 0.2) is 29.3 Å². The summed E-state index contributed by atoms with van der Waals surface area (Å²) in [5, 5.41) is 3.48. The number of fused-ring (bicyclic) bond motifs is 3. The summed E-state index contributed by atoms with van der Waals surface area (Å²) < 4.78 is 16.7. The van der Waals surface area contributed by atoms with Crippen LogP contribution in [-0.2, 0) is 16.1 Å². The quantitative estimate of drug-likeness (QED) is 0.630. The van der Waals surface area contributed by atoms with Gasteiger partial charge in [0.2, 0.25) is 6.79 Å². The molecule has 5 nitrogen and oxygen atoms in total. The minimum atomic E-state index is -0.0502. The molecule has 0 aromatic heterocycles. The Morgan fingerprint density at radius 3 is 3.00 bits per heavy atom. The zero-order valence-electron chi connectivity index (χ0n) is 16.8. The predicted octanol–water partition coefficient (Wildman–Crippen LogP) is 3.96. The third-order valence-electron chi connectivity index (χ3n) is 7.31. The zero-order chi connectivity index (χ0) is 19.3. The van der Waals surface area contributed by atoms with Gasteiger partial charge in [-0.25, -0.2) is 0 Å². The van der Waals surface area contributed by atoms with Crippen molar-refractivity contribution in [3.05, 3.63) is 34.9 Å². The van der Waals surface area contributed by atoms with Crippen LogP contribution in [0.1, 0.15) is 51.5 Å². The number of nitrogens with one attached hydrogen (secondary N) is 1. The first kappa shape index (κ1) is 18.0. The number of allylic oxidation sites excluding steroid dienone is 2. The topological polar surface area (TPSA) is 56.8 Å². The third kappa shape index (κ3) is 3.00. The number of ether oxygens (including phenoxy) is 3. The van der Waals surface area contributed by atoms with Crippen molar-refractivity contribution in [3.63, 3.8) is 0 Å². The Hall–Kier alpha value is -2.01. The highest BCUT2D eigenvalue weighted by Crippen LogP contribution is 2.54. The summed E-state index contributed by atoms with van der Waals surface area (Å²) >= 11 is 0. The van der Waals surface area contributed by atoms with Gasteiger partial charge in [0, 0.05) is 19.0 Å². The molecule has 0 unspecified atom stereocenters. The largest absolute Gasteiger partial charge is 0.462 e. The molecule has 0 bridgehead atoms. The van der Waals surface area contributed by atoms with Crippen LogP contribution in [0.4, 0.5) is 0 Å². The molecule has 1 aromatic rings. The van der Waals surface area contributed by atoms with Gasteiger partial charge in [-0.2, -0.15) is 0 Å². The Morgan fingerprint density at radius 2 is 2.11 bits per heavy atom. The van der Waals surface area contributed by atoms with E-state index in [9.17, 15) is 4.79 Å². The number of carbonyl (C=O) groups excluding carboxylic acids is 1. The molecule has 5 heteroatoms. The highest BCUT2D eigenvalue weighted by atomic mass is 16.7. The number of hydrogen-bond donors (Lipinski definition) is 1. The van der Waals surface area contributed by atoms with Gasteiger partial charge < -0.3 is 19.5 Å². The molecule has 1 N–H and O–H groups in total. The molecular weight excluding hydrogens is 354 g/mol. The zero-order valence-corrected chi connectivity index (χ0v) is 16.8. The average molecular weight is 383 g/mol. The maximum Gasteiger partial charge on any atom is 0.310 e. The van der Waals surface area contributed by atoms with Crippen molar-refractivity contribution >= 4 is 5.97 Å². The molecule has 4 aliphatic rings. The van der Waals surface area contributed by atoms with Gasteiger partial charge in [-0.15, -0.1) is 0 Å². The van der Waals surface area contributed by atoms with E-state index in [1.165, 1.54) is 19.3 Å². The third-order valence-corrected chi connectivity index (χ3v) is 7.31. The van der Waals surface area contributed by atoms with E-state index in [0.29, 0.717) is 19.0 Å². The van der Waals surface area contributed by atoms with Gasteiger partial charge in [-0.1, -0.05) is 24.1 Å². The van der Waals surface area contributed by atoms with Crippen LogP contribution in [-0.4, -0.2) is 25.4 Å². The second kappa shape index (κ2) is 6.80. The minimum Gasteiger partial charge on any atom is -0.462 e. The van der Waals surface area contributed by atoms with E-state index < -0.39 is 0 Å². The second-order valence-corrected chi connectivity index (χ2v) is 9.15. The van der Waals surface area contributed by atoms with Crippen LogP contribution in [0, 0.1) is 17.3 Å². The Kier molecular flexibility index (Phi) is 4.38. The van der Waals surface area contributed by atoms with E-state index >= 15 is 0 Å². The van der Waals surface area contributed by atoms with Gasteiger partial charge in [0.1, 0.15) is 6.10 Å². The van der Waals surface area contributed by atoms with Crippen molar-refractivity contribution in [2.45, 2.75) is 58.6 Å². The van der Waals surface area contributed by atoms with Crippen molar-refractivity contribution < 1.29 is 19.0 Å². The smallest absolute Gasteiger partial charge is 0.310 e. The van der Waals surface area contributed by atoms with E-state index in [2.05, 4.69) is 19.2 Å². The summed E-state index contributed by atoms with van der Waals surface area (Å²) in [5.41, 5.74) is 4.53. The molecule has 28 heavy (non-hydrogen) atoms.